The molecule has 2 aromatic carbocycles. The largest absolute Gasteiger partial charge is 0.379 e. The van der Waals surface area contributed by atoms with Gasteiger partial charge in [0.05, 0.1) is 46.1 Å². The molecule has 0 saturated carbocycles. The van der Waals surface area contributed by atoms with E-state index in [1.54, 1.807) is 12.4 Å². The number of H-pyrrole nitrogens is 1. The standard InChI is InChI=1S/C22H17BrClFN6/c1-2-19-20(30-11-29-19)10-27-14-5-15-21(31-13-3-4-18(25)17(24)7-13)12(8-26)9-28-22(15)16(23)6-14/h3-7,9,11,27H,2,10H2,1H3,(H,28,31)(H,29,30). The molecular weight excluding hydrogens is 483 g/mol. The number of halogens is 3. The van der Waals surface area contributed by atoms with Crippen molar-refractivity contribution in [1.82, 2.24) is 15.0 Å². The molecule has 4 aromatic rings. The number of rotatable bonds is 6. The van der Waals surface area contributed by atoms with E-state index in [9.17, 15) is 9.65 Å². The maximum absolute atomic E-state index is 13.6. The topological polar surface area (TPSA) is 89.4 Å². The minimum atomic E-state index is -0.508. The molecule has 0 atom stereocenters. The van der Waals surface area contributed by atoms with Gasteiger partial charge in [0.15, 0.2) is 0 Å². The fourth-order valence-electron chi connectivity index (χ4n) is 3.30. The third-order valence-electron chi connectivity index (χ3n) is 4.85. The lowest BCUT2D eigenvalue weighted by molar-refractivity contribution is 0.628. The molecular formula is C22H17BrClFN6. The molecule has 0 spiro atoms. The smallest absolute Gasteiger partial charge is 0.141 e. The summed E-state index contributed by atoms with van der Waals surface area (Å²) in [6, 6.07) is 10.3. The number of nitriles is 1. The average molecular weight is 500 g/mol. The number of fused-ring (bicyclic) bond motifs is 1. The van der Waals surface area contributed by atoms with E-state index in [1.807, 2.05) is 12.1 Å². The zero-order valence-electron chi connectivity index (χ0n) is 16.4. The number of hydrogen-bond acceptors (Lipinski definition) is 5. The van der Waals surface area contributed by atoms with Crippen molar-refractivity contribution in [1.29, 1.82) is 5.26 Å². The number of hydrogen-bond donors (Lipinski definition) is 3. The highest BCUT2D eigenvalue weighted by Gasteiger charge is 2.14. The zero-order chi connectivity index (χ0) is 22.0. The van der Waals surface area contributed by atoms with Crippen LogP contribution in [-0.2, 0) is 13.0 Å². The van der Waals surface area contributed by atoms with Gasteiger partial charge in [-0.25, -0.2) is 9.37 Å². The highest BCUT2D eigenvalue weighted by atomic mass is 79.9. The second-order valence-electron chi connectivity index (χ2n) is 6.80. The van der Waals surface area contributed by atoms with Gasteiger partial charge < -0.3 is 15.6 Å². The summed E-state index contributed by atoms with van der Waals surface area (Å²) in [5.41, 5.74) is 5.05. The fourth-order valence-corrected chi connectivity index (χ4v) is 4.04. The van der Waals surface area contributed by atoms with E-state index in [0.29, 0.717) is 29.0 Å². The number of imidazole rings is 1. The highest BCUT2D eigenvalue weighted by Crippen LogP contribution is 2.35. The lowest BCUT2D eigenvalue weighted by atomic mass is 10.1. The maximum atomic E-state index is 13.6. The van der Waals surface area contributed by atoms with E-state index in [1.165, 1.54) is 18.3 Å². The van der Waals surface area contributed by atoms with Gasteiger partial charge in [-0.1, -0.05) is 18.5 Å². The summed E-state index contributed by atoms with van der Waals surface area (Å²) < 4.78 is 14.3. The van der Waals surface area contributed by atoms with Crippen LogP contribution in [0.5, 0.6) is 0 Å². The molecule has 6 nitrogen and oxygen atoms in total. The Bertz CT molecular complexity index is 1310. The first-order valence-corrected chi connectivity index (χ1v) is 10.7. The van der Waals surface area contributed by atoms with Crippen LogP contribution in [0.15, 0.2) is 47.3 Å². The predicted octanol–water partition coefficient (Wildman–Crippen LogP) is 6.30. The fraction of sp³-hybridized carbons (Fsp3) is 0.136. The first-order chi connectivity index (χ1) is 15.0. The third-order valence-corrected chi connectivity index (χ3v) is 5.74. The molecule has 9 heteroatoms. The molecule has 2 aromatic heterocycles. The number of anilines is 3. The number of nitrogens with zero attached hydrogens (tertiary/aromatic N) is 3. The molecule has 0 aliphatic carbocycles. The number of aromatic amines is 1. The Morgan fingerprint density at radius 3 is 2.81 bits per heavy atom. The van der Waals surface area contributed by atoms with Crippen molar-refractivity contribution < 1.29 is 4.39 Å². The molecule has 0 amide bonds. The van der Waals surface area contributed by atoms with Crippen LogP contribution >= 0.6 is 27.5 Å². The molecule has 0 unspecified atom stereocenters. The molecule has 0 fully saturated rings. The van der Waals surface area contributed by atoms with Crippen molar-refractivity contribution in [3.8, 4) is 6.07 Å². The maximum Gasteiger partial charge on any atom is 0.141 e. The first-order valence-electron chi connectivity index (χ1n) is 9.49. The van der Waals surface area contributed by atoms with Crippen LogP contribution in [0.1, 0.15) is 23.9 Å². The highest BCUT2D eigenvalue weighted by molar-refractivity contribution is 9.10. The second kappa shape index (κ2) is 8.92. The van der Waals surface area contributed by atoms with Gasteiger partial charge in [0.25, 0.3) is 0 Å². The van der Waals surface area contributed by atoms with E-state index in [0.717, 1.165) is 33.4 Å². The molecule has 0 aliphatic heterocycles. The monoisotopic (exact) mass is 498 g/mol. The Kier molecular flexibility index (Phi) is 6.07. The van der Waals surface area contributed by atoms with Crippen LogP contribution < -0.4 is 10.6 Å². The van der Waals surface area contributed by atoms with Gasteiger partial charge in [-0.15, -0.1) is 0 Å². The number of nitrogens with one attached hydrogen (secondary N) is 3. The molecule has 31 heavy (non-hydrogen) atoms. The minimum Gasteiger partial charge on any atom is -0.379 e. The van der Waals surface area contributed by atoms with Gasteiger partial charge in [0.2, 0.25) is 0 Å². The number of aromatic nitrogens is 3. The lowest BCUT2D eigenvalue weighted by Gasteiger charge is -2.15. The second-order valence-corrected chi connectivity index (χ2v) is 8.06. The van der Waals surface area contributed by atoms with E-state index in [2.05, 4.69) is 54.5 Å². The quantitative estimate of drug-likeness (QED) is 0.289. The summed E-state index contributed by atoms with van der Waals surface area (Å²) in [4.78, 5) is 11.9. The van der Waals surface area contributed by atoms with Crippen LogP contribution in [0.4, 0.5) is 21.5 Å². The summed E-state index contributed by atoms with van der Waals surface area (Å²) in [5.74, 6) is -0.508. The van der Waals surface area contributed by atoms with Crippen LogP contribution in [0.2, 0.25) is 5.02 Å². The van der Waals surface area contributed by atoms with Gasteiger partial charge in [-0.3, -0.25) is 4.98 Å². The van der Waals surface area contributed by atoms with Crippen molar-refractivity contribution in [2.45, 2.75) is 19.9 Å². The Morgan fingerprint density at radius 1 is 1.23 bits per heavy atom. The van der Waals surface area contributed by atoms with E-state index >= 15 is 0 Å². The van der Waals surface area contributed by atoms with E-state index in [4.69, 9.17) is 11.6 Å². The van der Waals surface area contributed by atoms with Crippen LogP contribution in [0, 0.1) is 17.1 Å². The lowest BCUT2D eigenvalue weighted by Crippen LogP contribution is -2.03. The Hall–Kier alpha value is -3.15. The zero-order valence-corrected chi connectivity index (χ0v) is 18.8. The summed E-state index contributed by atoms with van der Waals surface area (Å²) in [6.07, 6.45) is 4.03. The Balaban J connectivity index is 1.75. The van der Waals surface area contributed by atoms with Crippen molar-refractivity contribution in [3.05, 3.63) is 75.1 Å². The Morgan fingerprint density at radius 2 is 2.06 bits per heavy atom. The van der Waals surface area contributed by atoms with Gasteiger partial charge in [0, 0.05) is 27.4 Å². The summed E-state index contributed by atoms with van der Waals surface area (Å²) in [5, 5.41) is 16.9. The molecule has 0 aliphatic rings. The summed E-state index contributed by atoms with van der Waals surface area (Å²) >= 11 is 9.50. The molecule has 0 saturated heterocycles. The van der Waals surface area contributed by atoms with Crippen LogP contribution in [0.25, 0.3) is 10.9 Å². The van der Waals surface area contributed by atoms with E-state index < -0.39 is 5.82 Å². The first kappa shape index (κ1) is 21.1. The van der Waals surface area contributed by atoms with Crippen molar-refractivity contribution >= 4 is 55.5 Å². The molecule has 3 N–H and O–H groups in total. The van der Waals surface area contributed by atoms with Crippen LogP contribution in [-0.4, -0.2) is 15.0 Å². The van der Waals surface area contributed by atoms with Gasteiger partial charge in [-0.05, 0) is 52.7 Å². The minimum absolute atomic E-state index is 0.00306. The van der Waals surface area contributed by atoms with Crippen LogP contribution in [0.3, 0.4) is 0 Å². The summed E-state index contributed by atoms with van der Waals surface area (Å²) in [6.45, 7) is 2.63. The molecule has 0 radical (unpaired) electrons. The van der Waals surface area contributed by atoms with Crippen molar-refractivity contribution in [3.63, 3.8) is 0 Å². The number of benzene rings is 2. The molecule has 4 rings (SSSR count). The number of pyridine rings is 1. The molecule has 0 bridgehead atoms. The summed E-state index contributed by atoms with van der Waals surface area (Å²) in [7, 11) is 0. The number of aryl methyl sites for hydroxylation is 1. The Labute approximate surface area is 191 Å². The van der Waals surface area contributed by atoms with Gasteiger partial charge in [0.1, 0.15) is 11.9 Å². The average Bonchev–Trinajstić information content (AvgIpc) is 3.23. The normalized spacial score (nSPS) is 10.8. The predicted molar refractivity (Wildman–Crippen MR) is 124 cm³/mol. The SMILES string of the molecule is CCc1nc[nH]c1CNc1cc(Br)c2ncc(C#N)c(Nc3ccc(F)c(Cl)c3)c2c1. The van der Waals surface area contributed by atoms with Crippen molar-refractivity contribution in [2.24, 2.45) is 0 Å². The van der Waals surface area contributed by atoms with Gasteiger partial charge in [-0.2, -0.15) is 5.26 Å². The third kappa shape index (κ3) is 4.33. The molecule has 2 heterocycles. The van der Waals surface area contributed by atoms with E-state index in [-0.39, 0.29) is 5.02 Å². The van der Waals surface area contributed by atoms with Crippen molar-refractivity contribution in [2.75, 3.05) is 10.6 Å². The van der Waals surface area contributed by atoms with Gasteiger partial charge >= 0.3 is 0 Å². The molecule has 156 valence electrons.